The average molecular weight is 449 g/mol. The third-order valence-corrected chi connectivity index (χ3v) is 6.21. The van der Waals surface area contributed by atoms with Crippen LogP contribution in [0.2, 0.25) is 0 Å². The van der Waals surface area contributed by atoms with Crippen molar-refractivity contribution in [3.63, 3.8) is 0 Å². The molecule has 0 atom stereocenters. The van der Waals surface area contributed by atoms with Gasteiger partial charge in [0.25, 0.3) is 0 Å². The Labute approximate surface area is 190 Å². The van der Waals surface area contributed by atoms with Crippen LogP contribution in [0, 0.1) is 20.8 Å². The van der Waals surface area contributed by atoms with Crippen LogP contribution in [0.3, 0.4) is 0 Å². The van der Waals surface area contributed by atoms with Crippen LogP contribution in [0.5, 0.6) is 0 Å². The van der Waals surface area contributed by atoms with Crippen molar-refractivity contribution >= 4 is 39.9 Å². The molecule has 0 aliphatic carbocycles. The zero-order valence-corrected chi connectivity index (χ0v) is 19.0. The molecule has 0 fully saturated rings. The predicted octanol–water partition coefficient (Wildman–Crippen LogP) is 5.28. The van der Waals surface area contributed by atoms with Crippen LogP contribution in [0.15, 0.2) is 52.5 Å². The highest BCUT2D eigenvalue weighted by Gasteiger charge is 2.14. The summed E-state index contributed by atoms with van der Waals surface area (Å²) in [5.74, 6) is -0.479. The minimum Gasteiger partial charge on any atom is -0.464 e. The number of thiazole rings is 1. The average Bonchev–Trinajstić information content (AvgIpc) is 3.35. The van der Waals surface area contributed by atoms with Gasteiger partial charge in [-0.3, -0.25) is 9.59 Å². The molecule has 32 heavy (non-hydrogen) atoms. The number of aromatic nitrogens is 1. The molecule has 4 rings (SSSR count). The van der Waals surface area contributed by atoms with E-state index in [4.69, 9.17) is 9.15 Å². The first-order valence-electron chi connectivity index (χ1n) is 10.3. The first kappa shape index (κ1) is 21.8. The molecule has 7 heteroatoms. The van der Waals surface area contributed by atoms with E-state index in [1.54, 1.807) is 6.26 Å². The summed E-state index contributed by atoms with van der Waals surface area (Å²) in [5, 5.41) is 6.31. The van der Waals surface area contributed by atoms with E-state index >= 15 is 0 Å². The highest BCUT2D eigenvalue weighted by Crippen LogP contribution is 2.25. The number of aryl methyl sites for hydroxylation is 3. The van der Waals surface area contributed by atoms with E-state index in [1.807, 2.05) is 62.5 Å². The number of hydrogen-bond donors (Lipinski definition) is 1. The molecule has 6 nitrogen and oxygen atoms in total. The van der Waals surface area contributed by atoms with Gasteiger partial charge in [-0.1, -0.05) is 18.2 Å². The molecule has 0 aliphatic rings. The number of rotatable bonds is 7. The Kier molecular flexibility index (Phi) is 6.37. The molecule has 0 spiro atoms. The van der Waals surface area contributed by atoms with E-state index in [9.17, 15) is 9.59 Å². The molecule has 1 N–H and O–H groups in total. The van der Waals surface area contributed by atoms with Crippen LogP contribution in [0.4, 0.5) is 5.69 Å². The molecule has 2 aromatic heterocycles. The number of para-hydroxylation sites is 1. The van der Waals surface area contributed by atoms with Crippen LogP contribution in [-0.4, -0.2) is 16.9 Å². The minimum atomic E-state index is -0.349. The molecule has 2 aromatic carbocycles. The minimum absolute atomic E-state index is 0.0721. The Balaban J connectivity index is 1.30. The second-order valence-electron chi connectivity index (χ2n) is 7.80. The number of nitrogens with zero attached hydrogens (tertiary/aromatic N) is 1. The van der Waals surface area contributed by atoms with Gasteiger partial charge in [-0.15, -0.1) is 11.3 Å². The molecule has 1 amide bonds. The fourth-order valence-electron chi connectivity index (χ4n) is 3.38. The van der Waals surface area contributed by atoms with Gasteiger partial charge in [-0.2, -0.15) is 0 Å². The van der Waals surface area contributed by atoms with Crippen molar-refractivity contribution in [2.75, 3.05) is 5.32 Å². The van der Waals surface area contributed by atoms with Crippen LogP contribution < -0.4 is 5.32 Å². The predicted molar refractivity (Wildman–Crippen MR) is 125 cm³/mol. The van der Waals surface area contributed by atoms with E-state index in [0.717, 1.165) is 38.9 Å². The highest BCUT2D eigenvalue weighted by atomic mass is 32.1. The molecule has 4 aromatic rings. The number of furan rings is 1. The number of fused-ring (bicyclic) bond motifs is 1. The van der Waals surface area contributed by atoms with Gasteiger partial charge in [-0.25, -0.2) is 4.98 Å². The monoisotopic (exact) mass is 448 g/mol. The van der Waals surface area contributed by atoms with Gasteiger partial charge in [0.1, 0.15) is 17.2 Å². The van der Waals surface area contributed by atoms with Crippen LogP contribution >= 0.6 is 11.3 Å². The van der Waals surface area contributed by atoms with Crippen molar-refractivity contribution in [1.29, 1.82) is 0 Å². The summed E-state index contributed by atoms with van der Waals surface area (Å²) in [5.41, 5.74) is 6.29. The van der Waals surface area contributed by atoms with Crippen molar-refractivity contribution in [3.05, 3.63) is 81.0 Å². The lowest BCUT2D eigenvalue weighted by atomic mass is 10.0. The number of carbonyl (C=O) groups excluding carboxylic acids is 2. The number of amides is 1. The standard InChI is InChI=1S/C25H24N2O4S/c1-15-6-4-5-7-21(15)27-23(28)11-24-26-19(14-32-24)13-31-25(29)10-18-12-30-22-9-17(3)16(2)8-20(18)22/h4-9,12,14H,10-11,13H2,1-3H3,(H,27,28). The number of esters is 1. The summed E-state index contributed by atoms with van der Waals surface area (Å²) in [6.07, 6.45) is 1.91. The van der Waals surface area contributed by atoms with Gasteiger partial charge >= 0.3 is 5.97 Å². The first-order chi connectivity index (χ1) is 15.4. The summed E-state index contributed by atoms with van der Waals surface area (Å²) >= 11 is 1.38. The number of benzene rings is 2. The van der Waals surface area contributed by atoms with Gasteiger partial charge in [0.2, 0.25) is 5.91 Å². The molecular weight excluding hydrogens is 424 g/mol. The molecular formula is C25H24N2O4S. The molecule has 0 saturated heterocycles. The van der Waals surface area contributed by atoms with Crippen molar-refractivity contribution in [2.24, 2.45) is 0 Å². The Morgan fingerprint density at radius 2 is 1.84 bits per heavy atom. The SMILES string of the molecule is Cc1cc2occ(CC(=O)OCc3csc(CC(=O)Nc4ccccc4C)n3)c2cc1C. The maximum absolute atomic E-state index is 12.3. The summed E-state index contributed by atoms with van der Waals surface area (Å²) in [6.45, 7) is 6.08. The van der Waals surface area contributed by atoms with Crippen molar-refractivity contribution in [3.8, 4) is 0 Å². The summed E-state index contributed by atoms with van der Waals surface area (Å²) in [7, 11) is 0. The Hall–Kier alpha value is -3.45. The first-order valence-corrected chi connectivity index (χ1v) is 11.2. The zero-order valence-electron chi connectivity index (χ0n) is 18.2. The molecule has 2 heterocycles. The second kappa shape index (κ2) is 9.36. The molecule has 164 valence electrons. The van der Waals surface area contributed by atoms with Gasteiger partial charge in [-0.05, 0) is 55.7 Å². The van der Waals surface area contributed by atoms with Crippen LogP contribution in [0.25, 0.3) is 11.0 Å². The molecule has 0 radical (unpaired) electrons. The summed E-state index contributed by atoms with van der Waals surface area (Å²) in [6, 6.07) is 11.6. The molecule has 0 aliphatic heterocycles. The number of ether oxygens (including phenoxy) is 1. The molecule has 0 bridgehead atoms. The van der Waals surface area contributed by atoms with E-state index in [0.29, 0.717) is 10.7 Å². The highest BCUT2D eigenvalue weighted by molar-refractivity contribution is 7.09. The lowest BCUT2D eigenvalue weighted by Gasteiger charge is -2.06. The second-order valence-corrected chi connectivity index (χ2v) is 8.75. The maximum atomic E-state index is 12.3. The maximum Gasteiger partial charge on any atom is 0.310 e. The van der Waals surface area contributed by atoms with Gasteiger partial charge < -0.3 is 14.5 Å². The molecule has 0 saturated carbocycles. The lowest BCUT2D eigenvalue weighted by Crippen LogP contribution is -2.15. The normalized spacial score (nSPS) is 11.0. The lowest BCUT2D eigenvalue weighted by molar-refractivity contribution is -0.144. The van der Waals surface area contributed by atoms with Crippen molar-refractivity contribution in [2.45, 2.75) is 40.2 Å². The Bertz CT molecular complexity index is 1290. The topological polar surface area (TPSA) is 81.4 Å². The Morgan fingerprint density at radius 3 is 2.66 bits per heavy atom. The Morgan fingerprint density at radius 1 is 1.06 bits per heavy atom. The van der Waals surface area contributed by atoms with Crippen molar-refractivity contribution in [1.82, 2.24) is 4.98 Å². The summed E-state index contributed by atoms with van der Waals surface area (Å²) in [4.78, 5) is 29.1. The molecule has 0 unspecified atom stereocenters. The largest absolute Gasteiger partial charge is 0.464 e. The van der Waals surface area contributed by atoms with Gasteiger partial charge in [0, 0.05) is 22.0 Å². The summed E-state index contributed by atoms with van der Waals surface area (Å²) < 4.78 is 11.0. The number of carbonyl (C=O) groups is 2. The van der Waals surface area contributed by atoms with E-state index in [-0.39, 0.29) is 31.3 Å². The van der Waals surface area contributed by atoms with Gasteiger partial charge in [0.15, 0.2) is 0 Å². The van der Waals surface area contributed by atoms with Gasteiger partial charge in [0.05, 0.1) is 24.8 Å². The third kappa shape index (κ3) is 5.06. The van der Waals surface area contributed by atoms with E-state index in [2.05, 4.69) is 10.3 Å². The fraction of sp³-hybridized carbons (Fsp3) is 0.240. The smallest absolute Gasteiger partial charge is 0.310 e. The zero-order chi connectivity index (χ0) is 22.7. The third-order valence-electron chi connectivity index (χ3n) is 5.32. The number of anilines is 1. The van der Waals surface area contributed by atoms with E-state index in [1.165, 1.54) is 11.3 Å². The van der Waals surface area contributed by atoms with Crippen LogP contribution in [0.1, 0.15) is 33.0 Å². The fourth-order valence-corrected chi connectivity index (χ4v) is 4.15. The quantitative estimate of drug-likeness (QED) is 0.389. The van der Waals surface area contributed by atoms with Crippen molar-refractivity contribution < 1.29 is 18.7 Å². The van der Waals surface area contributed by atoms with Crippen LogP contribution in [-0.2, 0) is 33.8 Å². The number of hydrogen-bond acceptors (Lipinski definition) is 6. The van der Waals surface area contributed by atoms with E-state index < -0.39 is 0 Å². The number of nitrogens with one attached hydrogen (secondary N) is 1.